The van der Waals surface area contributed by atoms with Crippen molar-refractivity contribution in [2.24, 2.45) is 0 Å². The van der Waals surface area contributed by atoms with E-state index < -0.39 is 0 Å². The van der Waals surface area contributed by atoms with E-state index in [4.69, 9.17) is 0 Å². The zero-order valence-electron chi connectivity index (χ0n) is 28.7. The van der Waals surface area contributed by atoms with Crippen LogP contribution in [0.4, 0.5) is 17.1 Å². The summed E-state index contributed by atoms with van der Waals surface area (Å²) in [6.45, 7) is 9.67. The lowest BCUT2D eigenvalue weighted by atomic mass is 9.54. The molecule has 0 saturated carbocycles. The molecule has 0 atom stereocenters. The first-order valence-corrected chi connectivity index (χ1v) is 17.3. The fourth-order valence-electron chi connectivity index (χ4n) is 7.71. The predicted molar refractivity (Wildman–Crippen MR) is 209 cm³/mol. The molecule has 0 fully saturated rings. The van der Waals surface area contributed by atoms with Crippen LogP contribution in [0.3, 0.4) is 0 Å². The molecule has 0 aliphatic heterocycles. The van der Waals surface area contributed by atoms with Gasteiger partial charge in [-0.05, 0) is 97.3 Å². The molecule has 1 aliphatic carbocycles. The molecule has 8 rings (SSSR count). The molecule has 0 radical (unpaired) electrons. The van der Waals surface area contributed by atoms with Crippen LogP contribution in [0, 0.1) is 0 Å². The lowest BCUT2D eigenvalue weighted by molar-refractivity contribution is 0.299. The molecule has 7 aromatic carbocycles. The summed E-state index contributed by atoms with van der Waals surface area (Å²) in [5.41, 5.74) is 16.1. The van der Waals surface area contributed by atoms with Gasteiger partial charge >= 0.3 is 0 Å². The fourth-order valence-corrected chi connectivity index (χ4v) is 7.71. The number of fused-ring (bicyclic) bond motifs is 3. The molecule has 0 bridgehead atoms. The SMILES string of the molecule is CC1(C)c2cc(-c3cccc(N(c4ccccc4)c4ccccc4-c4ccccc4)c3)ccc2-c2c(-c3ccccc3)cccc2C1(C)C. The van der Waals surface area contributed by atoms with Crippen LogP contribution in [0.1, 0.15) is 38.8 Å². The molecule has 0 aromatic heterocycles. The molecule has 0 saturated heterocycles. The van der Waals surface area contributed by atoms with Gasteiger partial charge in [0.15, 0.2) is 0 Å². The second-order valence-corrected chi connectivity index (χ2v) is 14.2. The van der Waals surface area contributed by atoms with Gasteiger partial charge in [-0.3, -0.25) is 0 Å². The van der Waals surface area contributed by atoms with E-state index in [1.165, 1.54) is 55.6 Å². The van der Waals surface area contributed by atoms with Crippen molar-refractivity contribution in [2.75, 3.05) is 4.90 Å². The molecule has 1 aliphatic rings. The zero-order valence-corrected chi connectivity index (χ0v) is 28.7. The molecule has 0 unspecified atom stereocenters. The van der Waals surface area contributed by atoms with Gasteiger partial charge in [0.1, 0.15) is 0 Å². The van der Waals surface area contributed by atoms with Crippen molar-refractivity contribution in [2.45, 2.75) is 38.5 Å². The number of hydrogen-bond donors (Lipinski definition) is 0. The second kappa shape index (κ2) is 12.1. The van der Waals surface area contributed by atoms with Crippen molar-refractivity contribution in [3.63, 3.8) is 0 Å². The lowest BCUT2D eigenvalue weighted by Crippen LogP contribution is -2.43. The summed E-state index contributed by atoms with van der Waals surface area (Å²) >= 11 is 0. The first-order valence-electron chi connectivity index (χ1n) is 17.3. The second-order valence-electron chi connectivity index (χ2n) is 14.2. The minimum Gasteiger partial charge on any atom is -0.310 e. The van der Waals surface area contributed by atoms with Crippen LogP contribution in [0.5, 0.6) is 0 Å². The Morgan fingerprint density at radius 3 is 1.57 bits per heavy atom. The normalized spacial score (nSPS) is 14.0. The van der Waals surface area contributed by atoms with Gasteiger partial charge in [-0.25, -0.2) is 0 Å². The van der Waals surface area contributed by atoms with Gasteiger partial charge in [0, 0.05) is 16.9 Å². The van der Waals surface area contributed by atoms with Crippen LogP contribution in [0.25, 0.3) is 44.5 Å². The van der Waals surface area contributed by atoms with E-state index in [1.54, 1.807) is 0 Å². The van der Waals surface area contributed by atoms with Crippen molar-refractivity contribution in [3.8, 4) is 44.5 Å². The number of rotatable bonds is 6. The third-order valence-electron chi connectivity index (χ3n) is 11.0. The van der Waals surface area contributed by atoms with E-state index in [1.807, 2.05) is 0 Å². The van der Waals surface area contributed by atoms with E-state index >= 15 is 0 Å². The Labute approximate surface area is 291 Å². The highest BCUT2D eigenvalue weighted by Gasteiger charge is 2.46. The van der Waals surface area contributed by atoms with Crippen LogP contribution < -0.4 is 4.90 Å². The van der Waals surface area contributed by atoms with Gasteiger partial charge < -0.3 is 4.90 Å². The monoisotopic (exact) mass is 631 g/mol. The molecule has 0 N–H and O–H groups in total. The number of para-hydroxylation sites is 2. The van der Waals surface area contributed by atoms with Gasteiger partial charge in [-0.15, -0.1) is 0 Å². The Morgan fingerprint density at radius 2 is 0.857 bits per heavy atom. The van der Waals surface area contributed by atoms with Crippen molar-refractivity contribution in [1.82, 2.24) is 0 Å². The zero-order chi connectivity index (χ0) is 33.6. The molecule has 0 spiro atoms. The number of nitrogens with zero attached hydrogens (tertiary/aromatic N) is 1. The minimum atomic E-state index is -0.0943. The average Bonchev–Trinajstić information content (AvgIpc) is 3.15. The van der Waals surface area contributed by atoms with Crippen LogP contribution >= 0.6 is 0 Å². The van der Waals surface area contributed by atoms with E-state index in [2.05, 4.69) is 209 Å². The van der Waals surface area contributed by atoms with Crippen LogP contribution in [-0.4, -0.2) is 0 Å². The van der Waals surface area contributed by atoms with E-state index in [0.717, 1.165) is 17.1 Å². The number of benzene rings is 7. The molecule has 49 heavy (non-hydrogen) atoms. The maximum atomic E-state index is 2.46. The van der Waals surface area contributed by atoms with E-state index in [-0.39, 0.29) is 10.8 Å². The summed E-state index contributed by atoms with van der Waals surface area (Å²) in [4.78, 5) is 2.39. The highest BCUT2D eigenvalue weighted by molar-refractivity contribution is 5.92. The van der Waals surface area contributed by atoms with Gasteiger partial charge in [0.2, 0.25) is 0 Å². The topological polar surface area (TPSA) is 3.24 Å². The molecule has 1 heteroatoms. The third-order valence-corrected chi connectivity index (χ3v) is 11.0. The summed E-state index contributed by atoms with van der Waals surface area (Å²) < 4.78 is 0. The maximum Gasteiger partial charge on any atom is 0.0540 e. The van der Waals surface area contributed by atoms with Crippen molar-refractivity contribution in [1.29, 1.82) is 0 Å². The van der Waals surface area contributed by atoms with Crippen molar-refractivity contribution in [3.05, 3.63) is 187 Å². The highest BCUT2D eigenvalue weighted by Crippen LogP contribution is 2.56. The number of anilines is 3. The van der Waals surface area contributed by atoms with Crippen LogP contribution in [0.15, 0.2) is 176 Å². The maximum absolute atomic E-state index is 2.46. The predicted octanol–water partition coefficient (Wildman–Crippen LogP) is 13.4. The summed E-state index contributed by atoms with van der Waals surface area (Å²) in [5, 5.41) is 0. The third kappa shape index (κ3) is 5.18. The molecule has 1 nitrogen and oxygen atoms in total. The van der Waals surface area contributed by atoms with Crippen molar-refractivity contribution < 1.29 is 0 Å². The largest absolute Gasteiger partial charge is 0.310 e. The molecule has 7 aromatic rings. The summed E-state index contributed by atoms with van der Waals surface area (Å²) in [7, 11) is 0. The molecule has 0 amide bonds. The summed E-state index contributed by atoms with van der Waals surface area (Å²) in [6, 6.07) is 64.0. The minimum absolute atomic E-state index is 0.0775. The van der Waals surface area contributed by atoms with Gasteiger partial charge in [0.25, 0.3) is 0 Å². The highest BCUT2D eigenvalue weighted by atomic mass is 15.1. The van der Waals surface area contributed by atoms with Gasteiger partial charge in [-0.1, -0.05) is 167 Å². The Balaban J connectivity index is 1.29. The Bertz CT molecular complexity index is 2260. The molecule has 0 heterocycles. The summed E-state index contributed by atoms with van der Waals surface area (Å²) in [5.74, 6) is 0. The smallest absolute Gasteiger partial charge is 0.0540 e. The average molecular weight is 632 g/mol. The standard InChI is InChI=1S/C48H41N/c1-47(2)43-28-17-27-41(35-20-10-6-11-21-35)46(43)42-31-30-37(33-44(42)48(47,3)4)36-22-16-25-39(32-36)49(38-23-12-7-13-24-38)45-29-15-14-26-40(45)34-18-8-5-9-19-34/h5-33H,1-4H3. The van der Waals surface area contributed by atoms with E-state index in [9.17, 15) is 0 Å². The summed E-state index contributed by atoms with van der Waals surface area (Å²) in [6.07, 6.45) is 0. The molecular weight excluding hydrogens is 591 g/mol. The van der Waals surface area contributed by atoms with Crippen LogP contribution in [0.2, 0.25) is 0 Å². The molecule has 238 valence electrons. The first-order chi connectivity index (χ1) is 23.8. The lowest BCUT2D eigenvalue weighted by Gasteiger charge is -2.49. The Hall–Kier alpha value is -5.66. The van der Waals surface area contributed by atoms with Gasteiger partial charge in [0.05, 0.1) is 5.69 Å². The Morgan fingerprint density at radius 1 is 0.347 bits per heavy atom. The Kier molecular flexibility index (Phi) is 7.57. The van der Waals surface area contributed by atoms with Gasteiger partial charge in [-0.2, -0.15) is 0 Å². The quantitative estimate of drug-likeness (QED) is 0.176. The van der Waals surface area contributed by atoms with E-state index in [0.29, 0.717) is 0 Å². The first kappa shape index (κ1) is 30.7. The molecular formula is C48H41N. The van der Waals surface area contributed by atoms with Crippen LogP contribution in [-0.2, 0) is 10.8 Å². The fraction of sp³-hybridized carbons (Fsp3) is 0.125. The van der Waals surface area contributed by atoms with Crippen molar-refractivity contribution >= 4 is 17.1 Å². The number of hydrogen-bond acceptors (Lipinski definition) is 1.